The van der Waals surface area contributed by atoms with Gasteiger partial charge in [-0.1, -0.05) is 41.4 Å². The van der Waals surface area contributed by atoms with Crippen molar-refractivity contribution in [3.05, 3.63) is 86.9 Å². The van der Waals surface area contributed by atoms with Crippen molar-refractivity contribution < 1.29 is 33.6 Å². The van der Waals surface area contributed by atoms with Gasteiger partial charge in [-0.3, -0.25) is 9.69 Å². The molecule has 2 amide bonds. The van der Waals surface area contributed by atoms with Crippen LogP contribution in [0.25, 0.3) is 0 Å². The summed E-state index contributed by atoms with van der Waals surface area (Å²) in [6.07, 6.45) is 5.37. The summed E-state index contributed by atoms with van der Waals surface area (Å²) in [6.45, 7) is 12.9. The summed E-state index contributed by atoms with van der Waals surface area (Å²) in [5.41, 5.74) is 3.33. The normalized spacial score (nSPS) is 15.1. The Morgan fingerprint density at radius 1 is 0.857 bits per heavy atom. The van der Waals surface area contributed by atoms with Crippen molar-refractivity contribution in [3.63, 3.8) is 0 Å². The smallest absolute Gasteiger partial charge is 0.407 e. The van der Waals surface area contributed by atoms with Gasteiger partial charge in [-0.15, -0.1) is 0 Å². The van der Waals surface area contributed by atoms with Crippen LogP contribution in [-0.4, -0.2) is 103 Å². The van der Waals surface area contributed by atoms with Gasteiger partial charge in [0.25, 0.3) is 0 Å². The van der Waals surface area contributed by atoms with Crippen LogP contribution in [0.5, 0.6) is 17.2 Å². The van der Waals surface area contributed by atoms with Crippen LogP contribution >= 0.6 is 23.2 Å². The Bertz CT molecular complexity index is 1720. The number of benzene rings is 3. The number of carbonyl (C=O) groups is 2. The Kier molecular flexibility index (Phi) is 16.0. The number of nitrogens with zero attached hydrogens (tertiary/aromatic N) is 3. The van der Waals surface area contributed by atoms with E-state index in [1.54, 1.807) is 19.2 Å². The first-order valence-electron chi connectivity index (χ1n) is 19.9. The van der Waals surface area contributed by atoms with E-state index in [1.807, 2.05) is 56.9 Å². The maximum Gasteiger partial charge on any atom is 0.407 e. The van der Waals surface area contributed by atoms with Crippen LogP contribution in [-0.2, 0) is 28.9 Å². The van der Waals surface area contributed by atoms with Gasteiger partial charge in [-0.25, -0.2) is 4.79 Å². The Hall–Kier alpha value is -3.70. The highest BCUT2D eigenvalue weighted by molar-refractivity contribution is 6.37. The lowest BCUT2D eigenvalue weighted by Gasteiger charge is -2.37. The molecule has 1 N–H and O–H groups in total. The number of halogens is 2. The molecular weight excluding hydrogens is 753 g/mol. The number of carboxylic acid groups (broad SMARTS) is 1. The minimum Gasteiger partial charge on any atom is -0.492 e. The fourth-order valence-corrected chi connectivity index (χ4v) is 7.90. The molecule has 12 heteroatoms. The van der Waals surface area contributed by atoms with E-state index in [1.165, 1.54) is 17.7 Å². The number of amides is 2. The number of hydrogen-bond acceptors (Lipinski definition) is 7. The van der Waals surface area contributed by atoms with Crippen molar-refractivity contribution in [1.29, 1.82) is 0 Å². The summed E-state index contributed by atoms with van der Waals surface area (Å²) in [6, 6.07) is 17.6. The number of hydrogen-bond donors (Lipinski definition) is 1. The van der Waals surface area contributed by atoms with E-state index in [9.17, 15) is 14.7 Å². The van der Waals surface area contributed by atoms with Crippen LogP contribution < -0.4 is 14.2 Å². The molecule has 10 nitrogen and oxygen atoms in total. The van der Waals surface area contributed by atoms with Crippen LogP contribution in [0.1, 0.15) is 75.1 Å². The highest BCUT2D eigenvalue weighted by Crippen LogP contribution is 2.35. The molecule has 3 aromatic carbocycles. The second-order valence-electron chi connectivity index (χ2n) is 16.0. The van der Waals surface area contributed by atoms with E-state index >= 15 is 0 Å². The van der Waals surface area contributed by atoms with E-state index in [-0.39, 0.29) is 31.7 Å². The van der Waals surface area contributed by atoms with Crippen molar-refractivity contribution in [2.75, 3.05) is 59.7 Å². The minimum atomic E-state index is -1.05. The summed E-state index contributed by atoms with van der Waals surface area (Å²) < 4.78 is 23.4. The van der Waals surface area contributed by atoms with Crippen molar-refractivity contribution >= 4 is 35.2 Å². The zero-order valence-electron chi connectivity index (χ0n) is 33.7. The van der Waals surface area contributed by atoms with Crippen LogP contribution in [0.2, 0.25) is 10.0 Å². The maximum absolute atomic E-state index is 14.7. The van der Waals surface area contributed by atoms with Gasteiger partial charge in [-0.2, -0.15) is 0 Å². The molecule has 1 aliphatic heterocycles. The van der Waals surface area contributed by atoms with E-state index in [0.717, 1.165) is 73.3 Å². The number of rotatable bonds is 21. The summed E-state index contributed by atoms with van der Waals surface area (Å²) >= 11 is 12.6. The molecule has 2 fully saturated rings. The number of likely N-dealkylation sites (tertiary alicyclic amines) is 1. The number of carbonyl (C=O) groups excluding carboxylic acids is 1. The average Bonchev–Trinajstić information content (AvgIpc) is 3.85. The molecule has 1 saturated carbocycles. The molecule has 2 aliphatic rings. The Morgan fingerprint density at radius 2 is 1.50 bits per heavy atom. The van der Waals surface area contributed by atoms with Crippen LogP contribution in [0.4, 0.5) is 4.79 Å². The molecule has 56 heavy (non-hydrogen) atoms. The predicted molar refractivity (Wildman–Crippen MR) is 222 cm³/mol. The van der Waals surface area contributed by atoms with E-state index in [4.69, 9.17) is 42.1 Å². The monoisotopic (exact) mass is 811 g/mol. The maximum atomic E-state index is 14.7. The average molecular weight is 813 g/mol. The quantitative estimate of drug-likeness (QED) is 0.107. The second-order valence-corrected chi connectivity index (χ2v) is 16.9. The molecule has 5 rings (SSSR count). The molecule has 1 heterocycles. The molecule has 3 aromatic rings. The Labute approximate surface area is 342 Å². The highest BCUT2D eigenvalue weighted by Gasteiger charge is 2.39. The van der Waals surface area contributed by atoms with Crippen molar-refractivity contribution in [1.82, 2.24) is 14.7 Å². The van der Waals surface area contributed by atoms with Crippen molar-refractivity contribution in [3.8, 4) is 17.2 Å². The first-order valence-corrected chi connectivity index (χ1v) is 20.6. The zero-order valence-corrected chi connectivity index (χ0v) is 35.2. The second kappa shape index (κ2) is 20.6. The van der Waals surface area contributed by atoms with Crippen LogP contribution in [0.3, 0.4) is 0 Å². The summed E-state index contributed by atoms with van der Waals surface area (Å²) in [5.74, 6) is 1.24. The number of methoxy groups -OCH3 is 1. The van der Waals surface area contributed by atoms with Gasteiger partial charge in [0.15, 0.2) is 5.75 Å². The van der Waals surface area contributed by atoms with Gasteiger partial charge >= 0.3 is 6.09 Å². The molecule has 0 radical (unpaired) electrons. The largest absolute Gasteiger partial charge is 0.492 e. The van der Waals surface area contributed by atoms with Gasteiger partial charge in [-0.05, 0) is 144 Å². The number of ether oxygens (including phenoxy) is 4. The predicted octanol–water partition coefficient (Wildman–Crippen LogP) is 8.94. The Balaban J connectivity index is 1.30. The lowest BCUT2D eigenvalue weighted by atomic mass is 9.94. The van der Waals surface area contributed by atoms with E-state index < -0.39 is 17.6 Å². The SMILES string of the molecule is COCCCc1cc(CN(C(=O)C(Cc2ccc(OCCOc3c(Cl)cc(C)cc3Cl)cc2)CN(C(=O)O)C(C)(C)C)C2CC2)cc(OCCN2CCCC2)c1. The third-order valence-electron chi connectivity index (χ3n) is 10.3. The van der Waals surface area contributed by atoms with Crippen molar-refractivity contribution in [2.24, 2.45) is 5.92 Å². The van der Waals surface area contributed by atoms with E-state index in [0.29, 0.717) is 47.7 Å². The topological polar surface area (TPSA) is 101 Å². The molecule has 1 saturated heterocycles. The summed E-state index contributed by atoms with van der Waals surface area (Å²) in [7, 11) is 1.71. The van der Waals surface area contributed by atoms with Gasteiger partial charge < -0.3 is 33.9 Å². The molecule has 1 aliphatic carbocycles. The van der Waals surface area contributed by atoms with Crippen LogP contribution in [0.15, 0.2) is 54.6 Å². The molecule has 1 unspecified atom stereocenters. The molecule has 1 atom stereocenters. The standard InChI is InChI=1S/C44H59Cl2N3O7/c1-31-23-39(45)41(40(46)24-31)56-22-21-55-37-14-10-32(11-15-37)26-35(30-49(43(51)52)44(2,3)4)42(50)48(36-12-13-36)29-34-25-33(9-8-19-53-5)27-38(28-34)54-20-18-47-16-6-7-17-47/h10-11,14-15,23-25,27-28,35-36H,6-9,12-13,16-22,26,29-30H2,1-5H3,(H,51,52). The lowest BCUT2D eigenvalue weighted by Crippen LogP contribution is -2.51. The summed E-state index contributed by atoms with van der Waals surface area (Å²) in [4.78, 5) is 33.1. The molecule has 306 valence electrons. The highest BCUT2D eigenvalue weighted by atomic mass is 35.5. The fourth-order valence-electron chi connectivity index (χ4n) is 7.19. The molecule has 0 aromatic heterocycles. The van der Waals surface area contributed by atoms with Crippen LogP contribution in [0, 0.1) is 12.8 Å². The first kappa shape index (κ1) is 43.4. The zero-order chi connectivity index (χ0) is 40.2. The Morgan fingerprint density at radius 3 is 2.12 bits per heavy atom. The van der Waals surface area contributed by atoms with Crippen molar-refractivity contribution in [2.45, 2.75) is 90.8 Å². The van der Waals surface area contributed by atoms with Gasteiger partial charge in [0, 0.05) is 44.9 Å². The third-order valence-corrected chi connectivity index (χ3v) is 10.8. The van der Waals surface area contributed by atoms with Gasteiger partial charge in [0.05, 0.1) is 16.0 Å². The minimum absolute atomic E-state index is 0.0461. The third kappa shape index (κ3) is 13.2. The number of aryl methyl sites for hydroxylation is 2. The fraction of sp³-hybridized carbons (Fsp3) is 0.545. The summed E-state index contributed by atoms with van der Waals surface area (Å²) in [5, 5.41) is 11.2. The molecule has 0 bridgehead atoms. The molecular formula is C44H59Cl2N3O7. The van der Waals surface area contributed by atoms with E-state index in [2.05, 4.69) is 23.1 Å². The van der Waals surface area contributed by atoms with Gasteiger partial charge in [0.2, 0.25) is 5.91 Å². The first-order chi connectivity index (χ1) is 26.8. The lowest BCUT2D eigenvalue weighted by molar-refractivity contribution is -0.137. The molecule has 0 spiro atoms. The van der Waals surface area contributed by atoms with Gasteiger partial charge in [0.1, 0.15) is 31.3 Å².